The standard InChI is InChI=1S/C12H15BrN4O2S3/c1-22(18,19)14-6-3-7-20-12-17-16-11(21-12)15-10-5-2-4-9(13)8-10/h2,4-5,8,14H,3,6-7H2,1H3,(H,15,16). The molecule has 1 aromatic heterocycles. The number of rotatable bonds is 8. The van der Waals surface area contributed by atoms with Gasteiger partial charge >= 0.3 is 0 Å². The fourth-order valence-electron chi connectivity index (χ4n) is 1.50. The van der Waals surface area contributed by atoms with E-state index in [1.807, 2.05) is 24.3 Å². The number of aromatic nitrogens is 2. The number of benzene rings is 1. The van der Waals surface area contributed by atoms with Gasteiger partial charge in [-0.15, -0.1) is 10.2 Å². The molecular formula is C12H15BrN4O2S3. The van der Waals surface area contributed by atoms with E-state index in [-0.39, 0.29) is 0 Å². The average Bonchev–Trinajstić information content (AvgIpc) is 2.84. The molecule has 0 atom stereocenters. The lowest BCUT2D eigenvalue weighted by Gasteiger charge is -2.01. The van der Waals surface area contributed by atoms with Gasteiger partial charge in [-0.3, -0.25) is 0 Å². The number of nitrogens with one attached hydrogen (secondary N) is 2. The molecule has 0 aliphatic heterocycles. The van der Waals surface area contributed by atoms with Gasteiger partial charge in [0.1, 0.15) is 0 Å². The summed E-state index contributed by atoms with van der Waals surface area (Å²) in [5.41, 5.74) is 0.944. The van der Waals surface area contributed by atoms with Crippen molar-refractivity contribution in [2.24, 2.45) is 0 Å². The highest BCUT2D eigenvalue weighted by Crippen LogP contribution is 2.28. The minimum absolute atomic E-state index is 0.438. The van der Waals surface area contributed by atoms with Gasteiger partial charge in [-0.05, 0) is 24.6 Å². The van der Waals surface area contributed by atoms with Crippen LogP contribution in [0.2, 0.25) is 0 Å². The second-order valence-electron chi connectivity index (χ2n) is 4.38. The van der Waals surface area contributed by atoms with Crippen molar-refractivity contribution in [1.29, 1.82) is 0 Å². The van der Waals surface area contributed by atoms with Crippen molar-refractivity contribution >= 4 is 59.9 Å². The zero-order chi connectivity index (χ0) is 16.0. The number of anilines is 2. The van der Waals surface area contributed by atoms with E-state index in [4.69, 9.17) is 0 Å². The van der Waals surface area contributed by atoms with E-state index in [2.05, 4.69) is 36.2 Å². The minimum atomic E-state index is -3.10. The molecule has 0 spiro atoms. The topological polar surface area (TPSA) is 84.0 Å². The molecule has 0 radical (unpaired) electrons. The van der Waals surface area contributed by atoms with E-state index >= 15 is 0 Å². The molecule has 2 rings (SSSR count). The number of halogens is 1. The van der Waals surface area contributed by atoms with Gasteiger partial charge < -0.3 is 5.32 Å². The molecule has 1 heterocycles. The van der Waals surface area contributed by atoms with Gasteiger partial charge in [0.2, 0.25) is 15.2 Å². The van der Waals surface area contributed by atoms with Crippen molar-refractivity contribution in [2.45, 2.75) is 10.8 Å². The maximum absolute atomic E-state index is 10.9. The summed E-state index contributed by atoms with van der Waals surface area (Å²) in [4.78, 5) is 0. The Morgan fingerprint density at radius 3 is 2.91 bits per heavy atom. The van der Waals surface area contributed by atoms with E-state index in [0.29, 0.717) is 6.54 Å². The summed E-state index contributed by atoms with van der Waals surface area (Å²) in [6.07, 6.45) is 1.90. The van der Waals surface area contributed by atoms with Gasteiger partial charge in [0.15, 0.2) is 4.34 Å². The lowest BCUT2D eigenvalue weighted by Crippen LogP contribution is -2.23. The van der Waals surface area contributed by atoms with E-state index in [9.17, 15) is 8.42 Å². The van der Waals surface area contributed by atoms with Crippen LogP contribution in [-0.2, 0) is 10.0 Å². The minimum Gasteiger partial charge on any atom is -0.330 e. The van der Waals surface area contributed by atoms with E-state index < -0.39 is 10.0 Å². The summed E-state index contributed by atoms with van der Waals surface area (Å²) in [5.74, 6) is 0.786. The van der Waals surface area contributed by atoms with Gasteiger partial charge in [-0.1, -0.05) is 45.1 Å². The molecule has 0 bridgehead atoms. The highest BCUT2D eigenvalue weighted by Gasteiger charge is 2.06. The van der Waals surface area contributed by atoms with Crippen molar-refractivity contribution in [1.82, 2.24) is 14.9 Å². The summed E-state index contributed by atoms with van der Waals surface area (Å²) in [5, 5.41) is 12.1. The fraction of sp³-hybridized carbons (Fsp3) is 0.333. The second kappa shape index (κ2) is 8.25. The summed E-state index contributed by atoms with van der Waals surface area (Å²) in [6.45, 7) is 0.438. The fourth-order valence-corrected chi connectivity index (χ4v) is 4.19. The van der Waals surface area contributed by atoms with Crippen molar-refractivity contribution < 1.29 is 8.42 Å². The van der Waals surface area contributed by atoms with Gasteiger partial charge in [0.05, 0.1) is 6.26 Å². The first-order valence-electron chi connectivity index (χ1n) is 6.36. The Kier molecular flexibility index (Phi) is 6.63. The molecular weight excluding hydrogens is 408 g/mol. The maximum Gasteiger partial charge on any atom is 0.210 e. The Balaban J connectivity index is 1.77. The van der Waals surface area contributed by atoms with Crippen LogP contribution < -0.4 is 10.0 Å². The van der Waals surface area contributed by atoms with Gasteiger partial charge in [-0.2, -0.15) is 0 Å². The van der Waals surface area contributed by atoms with Crippen LogP contribution >= 0.6 is 39.0 Å². The molecule has 0 saturated heterocycles. The van der Waals surface area contributed by atoms with Crippen LogP contribution in [0.25, 0.3) is 0 Å². The monoisotopic (exact) mass is 422 g/mol. The first-order valence-corrected chi connectivity index (χ1v) is 10.8. The van der Waals surface area contributed by atoms with Crippen molar-refractivity contribution in [3.8, 4) is 0 Å². The molecule has 6 nitrogen and oxygen atoms in total. The number of hydrogen-bond donors (Lipinski definition) is 2. The summed E-state index contributed by atoms with van der Waals surface area (Å²) < 4.78 is 26.1. The molecule has 0 saturated carbocycles. The quantitative estimate of drug-likeness (QED) is 0.502. The van der Waals surface area contributed by atoms with Crippen LogP contribution in [0.3, 0.4) is 0 Å². The molecule has 0 aliphatic rings. The second-order valence-corrected chi connectivity index (χ2v) is 9.45. The smallest absolute Gasteiger partial charge is 0.210 e. The molecule has 10 heteroatoms. The van der Waals surface area contributed by atoms with Crippen molar-refractivity contribution in [2.75, 3.05) is 23.9 Å². The Bertz CT molecular complexity index is 721. The molecule has 2 aromatic rings. The zero-order valence-electron chi connectivity index (χ0n) is 11.7. The Labute approximate surface area is 146 Å². The van der Waals surface area contributed by atoms with Crippen LogP contribution in [0.1, 0.15) is 6.42 Å². The zero-order valence-corrected chi connectivity index (χ0v) is 15.8. The van der Waals surface area contributed by atoms with Crippen LogP contribution in [0, 0.1) is 0 Å². The van der Waals surface area contributed by atoms with Gasteiger partial charge in [-0.25, -0.2) is 13.1 Å². The number of hydrogen-bond acceptors (Lipinski definition) is 7. The normalized spacial score (nSPS) is 11.5. The first-order chi connectivity index (χ1) is 10.4. The van der Waals surface area contributed by atoms with Gasteiger partial charge in [0.25, 0.3) is 0 Å². The van der Waals surface area contributed by atoms with Crippen LogP contribution in [0.15, 0.2) is 33.1 Å². The summed E-state index contributed by atoms with van der Waals surface area (Å²) in [6, 6.07) is 7.82. The number of nitrogens with zero attached hydrogens (tertiary/aromatic N) is 2. The first kappa shape index (κ1) is 17.7. The number of thioether (sulfide) groups is 1. The third-order valence-electron chi connectivity index (χ3n) is 2.39. The highest BCUT2D eigenvalue weighted by atomic mass is 79.9. The molecule has 0 unspecified atom stereocenters. The molecule has 120 valence electrons. The maximum atomic E-state index is 10.9. The predicted molar refractivity (Wildman–Crippen MR) is 95.5 cm³/mol. The van der Waals surface area contributed by atoms with E-state index in [0.717, 1.165) is 38.1 Å². The third-order valence-corrected chi connectivity index (χ3v) is 5.67. The largest absolute Gasteiger partial charge is 0.330 e. The van der Waals surface area contributed by atoms with E-state index in [1.54, 1.807) is 11.8 Å². The van der Waals surface area contributed by atoms with Crippen molar-refractivity contribution in [3.63, 3.8) is 0 Å². The molecule has 0 amide bonds. The summed E-state index contributed by atoms with van der Waals surface area (Å²) >= 11 is 6.46. The van der Waals surface area contributed by atoms with E-state index in [1.165, 1.54) is 11.3 Å². The molecule has 0 aliphatic carbocycles. The predicted octanol–water partition coefficient (Wildman–Crippen LogP) is 3.08. The highest BCUT2D eigenvalue weighted by molar-refractivity contribution is 9.10. The van der Waals surface area contributed by atoms with Crippen LogP contribution in [-0.4, -0.2) is 37.2 Å². The Morgan fingerprint density at radius 1 is 1.36 bits per heavy atom. The Hall–Kier alpha value is -0.680. The molecule has 0 fully saturated rings. The van der Waals surface area contributed by atoms with Crippen molar-refractivity contribution in [3.05, 3.63) is 28.7 Å². The van der Waals surface area contributed by atoms with Crippen LogP contribution in [0.5, 0.6) is 0 Å². The Morgan fingerprint density at radius 2 is 2.18 bits per heavy atom. The lowest BCUT2D eigenvalue weighted by molar-refractivity contribution is 0.587. The summed E-state index contributed by atoms with van der Waals surface area (Å²) in [7, 11) is -3.10. The van der Waals surface area contributed by atoms with Gasteiger partial charge in [0, 0.05) is 22.5 Å². The average molecular weight is 423 g/mol. The molecule has 1 aromatic carbocycles. The third kappa shape index (κ3) is 6.61. The lowest BCUT2D eigenvalue weighted by atomic mass is 10.3. The molecule has 2 N–H and O–H groups in total. The molecule has 22 heavy (non-hydrogen) atoms. The SMILES string of the molecule is CS(=O)(=O)NCCCSc1nnc(Nc2cccc(Br)c2)s1. The number of sulfonamides is 1. The van der Waals surface area contributed by atoms with Crippen LogP contribution in [0.4, 0.5) is 10.8 Å².